The molecule has 6 N–H and O–H groups in total. The number of carbonyl (C=O) groups is 1. The number of rotatable bonds is 33. The van der Waals surface area contributed by atoms with Crippen molar-refractivity contribution in [3.63, 3.8) is 0 Å². The average Bonchev–Trinajstić information content (AvgIpc) is 3.08. The first kappa shape index (κ1) is 45.2. The summed E-state index contributed by atoms with van der Waals surface area (Å²) in [6.07, 6.45) is 23.9. The summed E-state index contributed by atoms with van der Waals surface area (Å²) in [5, 5.41) is 54.0. The van der Waals surface area contributed by atoms with Crippen LogP contribution in [-0.4, -0.2) is 87.5 Å². The van der Waals surface area contributed by atoms with Gasteiger partial charge in [0.1, 0.15) is 24.4 Å². The molecule has 1 aliphatic rings. The van der Waals surface area contributed by atoms with Gasteiger partial charge in [-0.1, -0.05) is 168 Å². The van der Waals surface area contributed by atoms with Gasteiger partial charge in [0.15, 0.2) is 6.29 Å². The van der Waals surface area contributed by atoms with Gasteiger partial charge in [-0.05, 0) is 12.8 Å². The number of hydrogen-bond donors (Lipinski definition) is 6. The lowest BCUT2D eigenvalue weighted by Crippen LogP contribution is -2.60. The molecule has 1 rings (SSSR count). The number of nitrogens with one attached hydrogen (secondary N) is 1. The van der Waals surface area contributed by atoms with Gasteiger partial charge in [-0.25, -0.2) is 0 Å². The van der Waals surface area contributed by atoms with Gasteiger partial charge in [-0.2, -0.15) is 0 Å². The van der Waals surface area contributed by atoms with E-state index in [4.69, 9.17) is 9.47 Å². The lowest BCUT2D eigenvalue weighted by molar-refractivity contribution is -0.302. The highest BCUT2D eigenvalue weighted by Gasteiger charge is 2.44. The van der Waals surface area contributed by atoms with Crippen LogP contribution in [0.2, 0.25) is 0 Å². The van der Waals surface area contributed by atoms with Crippen molar-refractivity contribution in [2.75, 3.05) is 13.2 Å². The maximum absolute atomic E-state index is 12.9. The van der Waals surface area contributed by atoms with Crippen molar-refractivity contribution in [1.29, 1.82) is 0 Å². The molecule has 9 nitrogen and oxygen atoms in total. The third-order valence-corrected chi connectivity index (χ3v) is 9.96. The Kier molecular flexibility index (Phi) is 29.2. The predicted molar refractivity (Wildman–Crippen MR) is 194 cm³/mol. The number of carbonyl (C=O) groups excluding carboxylic acids is 1. The quantitative estimate of drug-likeness (QED) is 0.0396. The Morgan fingerprint density at radius 2 is 1.04 bits per heavy atom. The zero-order chi connectivity index (χ0) is 35.2. The summed E-state index contributed by atoms with van der Waals surface area (Å²) in [5.41, 5.74) is 0. The molecule has 1 saturated heterocycles. The summed E-state index contributed by atoms with van der Waals surface area (Å²) in [6.45, 7) is 3.81. The Balaban J connectivity index is 2.37. The number of unbranched alkanes of at least 4 members (excludes halogenated alkanes) is 23. The number of amides is 1. The second kappa shape index (κ2) is 31.0. The zero-order valence-electron chi connectivity index (χ0n) is 31.0. The maximum atomic E-state index is 12.9. The van der Waals surface area contributed by atoms with Crippen molar-refractivity contribution in [2.45, 2.75) is 230 Å². The van der Waals surface area contributed by atoms with Gasteiger partial charge in [0.25, 0.3) is 0 Å². The van der Waals surface area contributed by atoms with Crippen LogP contribution in [0.4, 0.5) is 0 Å². The molecule has 9 heteroatoms. The fourth-order valence-corrected chi connectivity index (χ4v) is 6.63. The molecule has 0 aliphatic carbocycles. The smallest absolute Gasteiger partial charge is 0.220 e. The van der Waals surface area contributed by atoms with Crippen LogP contribution in [0.1, 0.15) is 187 Å². The van der Waals surface area contributed by atoms with Crippen molar-refractivity contribution in [2.24, 2.45) is 0 Å². The lowest BCUT2D eigenvalue weighted by atomic mass is 9.99. The van der Waals surface area contributed by atoms with Gasteiger partial charge in [-0.3, -0.25) is 4.79 Å². The molecule has 286 valence electrons. The Morgan fingerprint density at radius 1 is 0.625 bits per heavy atom. The number of ether oxygens (including phenoxy) is 2. The third-order valence-electron chi connectivity index (χ3n) is 9.96. The molecule has 0 aromatic carbocycles. The maximum Gasteiger partial charge on any atom is 0.220 e. The number of aliphatic hydroxyl groups excluding tert-OH is 5. The Hall–Kier alpha value is -0.810. The predicted octanol–water partition coefficient (Wildman–Crippen LogP) is 7.22. The second-order valence-corrected chi connectivity index (χ2v) is 14.4. The fraction of sp³-hybridized carbons (Fsp3) is 0.974. The van der Waals surface area contributed by atoms with E-state index in [0.717, 1.165) is 38.5 Å². The molecule has 1 fully saturated rings. The molecule has 48 heavy (non-hydrogen) atoms. The highest BCUT2D eigenvalue weighted by Crippen LogP contribution is 2.23. The van der Waals surface area contributed by atoms with Gasteiger partial charge >= 0.3 is 0 Å². The van der Waals surface area contributed by atoms with Gasteiger partial charge < -0.3 is 40.3 Å². The van der Waals surface area contributed by atoms with E-state index in [2.05, 4.69) is 19.2 Å². The minimum Gasteiger partial charge on any atom is -0.394 e. The van der Waals surface area contributed by atoms with Crippen molar-refractivity contribution in [3.8, 4) is 0 Å². The van der Waals surface area contributed by atoms with Crippen LogP contribution >= 0.6 is 0 Å². The van der Waals surface area contributed by atoms with Crippen LogP contribution in [0.25, 0.3) is 0 Å². The van der Waals surface area contributed by atoms with Crippen molar-refractivity contribution in [3.05, 3.63) is 0 Å². The van der Waals surface area contributed by atoms with Crippen molar-refractivity contribution >= 4 is 5.91 Å². The van der Waals surface area contributed by atoms with E-state index in [9.17, 15) is 30.3 Å². The van der Waals surface area contributed by atoms with E-state index in [1.807, 2.05) is 0 Å². The Morgan fingerprint density at radius 3 is 1.48 bits per heavy atom. The van der Waals surface area contributed by atoms with E-state index in [-0.39, 0.29) is 12.5 Å². The largest absolute Gasteiger partial charge is 0.394 e. The molecule has 1 heterocycles. The monoisotopic (exact) mass is 688 g/mol. The van der Waals surface area contributed by atoms with Gasteiger partial charge in [-0.15, -0.1) is 0 Å². The summed E-state index contributed by atoms with van der Waals surface area (Å²) in [4.78, 5) is 12.9. The summed E-state index contributed by atoms with van der Waals surface area (Å²) in [6, 6.07) is -0.709. The minimum atomic E-state index is -1.55. The first-order valence-corrected chi connectivity index (χ1v) is 20.2. The second-order valence-electron chi connectivity index (χ2n) is 14.4. The molecule has 0 aromatic heterocycles. The lowest BCUT2D eigenvalue weighted by Gasteiger charge is -2.40. The number of hydrogen-bond acceptors (Lipinski definition) is 8. The van der Waals surface area contributed by atoms with Gasteiger partial charge in [0.2, 0.25) is 5.91 Å². The Labute approximate surface area is 294 Å². The Bertz CT molecular complexity index is 726. The van der Waals surface area contributed by atoms with Gasteiger partial charge in [0.05, 0.1) is 25.4 Å². The van der Waals surface area contributed by atoms with Crippen molar-refractivity contribution < 1.29 is 39.8 Å². The molecule has 2 unspecified atom stereocenters. The molecule has 7 atom stereocenters. The summed E-state index contributed by atoms with van der Waals surface area (Å²) in [5.74, 6) is -0.144. The normalized spacial score (nSPS) is 22.5. The molecule has 0 saturated carbocycles. The average molecular weight is 688 g/mol. The van der Waals surface area contributed by atoms with Crippen LogP contribution in [0, 0.1) is 0 Å². The van der Waals surface area contributed by atoms with Crippen LogP contribution in [-0.2, 0) is 14.3 Å². The molecule has 1 aliphatic heterocycles. The summed E-state index contributed by atoms with van der Waals surface area (Å²) < 4.78 is 11.2. The van der Waals surface area contributed by atoms with Crippen molar-refractivity contribution in [1.82, 2.24) is 5.32 Å². The summed E-state index contributed by atoms with van der Waals surface area (Å²) in [7, 11) is 0. The first-order chi connectivity index (χ1) is 23.3. The third kappa shape index (κ3) is 22.1. The zero-order valence-corrected chi connectivity index (χ0v) is 31.0. The van der Waals surface area contributed by atoms with E-state index in [1.165, 1.54) is 122 Å². The molecule has 0 bridgehead atoms. The SMILES string of the molecule is CCCCCCCCCCCCCCCCCC(=O)N[C@@H](CO[C@@H]1O[C@H](CO)[C@@H](O)C(O)C1O)[C@H](O)CCCCCCCCCCCC. The topological polar surface area (TPSA) is 149 Å². The molecule has 1 amide bonds. The van der Waals surface area contributed by atoms with Crippen LogP contribution < -0.4 is 5.32 Å². The summed E-state index contributed by atoms with van der Waals surface area (Å²) >= 11 is 0. The van der Waals surface area contributed by atoms with Crippen LogP contribution in [0.15, 0.2) is 0 Å². The molecule has 0 radical (unpaired) electrons. The van der Waals surface area contributed by atoms with E-state index in [0.29, 0.717) is 12.8 Å². The van der Waals surface area contributed by atoms with Gasteiger partial charge in [0, 0.05) is 6.42 Å². The van der Waals surface area contributed by atoms with Crippen LogP contribution in [0.3, 0.4) is 0 Å². The van der Waals surface area contributed by atoms with E-state index >= 15 is 0 Å². The standard InChI is InChI=1S/C39H77NO8/c1-3-5-7-9-11-13-15-16-17-18-19-21-23-25-27-29-35(43)40-32(31-47-39-38(46)37(45)36(44)34(30-41)48-39)33(42)28-26-24-22-20-14-12-10-8-6-4-2/h32-34,36-39,41-42,44-46H,3-31H2,1-2H3,(H,40,43)/t32-,33+,34+,36+,37?,38?,39+/m0/s1. The highest BCUT2D eigenvalue weighted by atomic mass is 16.7. The number of aliphatic hydroxyl groups is 5. The molecule has 0 aromatic rings. The first-order valence-electron chi connectivity index (χ1n) is 20.2. The van der Waals surface area contributed by atoms with E-state index < -0.39 is 49.5 Å². The highest BCUT2D eigenvalue weighted by molar-refractivity contribution is 5.76. The minimum absolute atomic E-state index is 0.133. The molecular formula is C39H77NO8. The molecular weight excluding hydrogens is 610 g/mol. The van der Waals surface area contributed by atoms with Crippen LogP contribution in [0.5, 0.6) is 0 Å². The molecule has 0 spiro atoms. The van der Waals surface area contributed by atoms with E-state index in [1.54, 1.807) is 0 Å². The fourth-order valence-electron chi connectivity index (χ4n) is 6.63.